The number of halogens is 1. The number of sulfonamides is 1. The predicted octanol–water partition coefficient (Wildman–Crippen LogP) is 5.61. The Labute approximate surface area is 212 Å². The number of nitrogens with one attached hydrogen (secondary N) is 2. The van der Waals surface area contributed by atoms with Gasteiger partial charge in [0, 0.05) is 23.2 Å². The highest BCUT2D eigenvalue weighted by Crippen LogP contribution is 2.25. The molecule has 0 radical (unpaired) electrons. The Morgan fingerprint density at radius 2 is 1.69 bits per heavy atom. The standard InChI is InChI=1S/C27H30ClN3O3S/c1-19-7-8-20(2)26(17-19)30-35(33,34)24-11-9-23(10-12-24)29-27(32)21-13-15-31(16-14-21)18-22-5-3-4-6-25(22)28/h3-12,17,21,30H,13-16,18H2,1-2H3,(H,29,32). The van der Waals surface area contributed by atoms with Gasteiger partial charge in [0.15, 0.2) is 0 Å². The maximum atomic E-state index is 12.8. The minimum atomic E-state index is -3.73. The number of carbonyl (C=O) groups excluding carboxylic acids is 1. The molecular formula is C27H30ClN3O3S. The molecule has 1 aliphatic rings. The second-order valence-electron chi connectivity index (χ2n) is 9.08. The van der Waals surface area contributed by atoms with E-state index in [2.05, 4.69) is 14.9 Å². The highest BCUT2D eigenvalue weighted by molar-refractivity contribution is 7.92. The van der Waals surface area contributed by atoms with Crippen molar-refractivity contribution in [2.24, 2.45) is 5.92 Å². The van der Waals surface area contributed by atoms with Gasteiger partial charge >= 0.3 is 0 Å². The van der Waals surface area contributed by atoms with E-state index in [-0.39, 0.29) is 16.7 Å². The third-order valence-corrected chi connectivity index (χ3v) is 8.13. The number of anilines is 2. The van der Waals surface area contributed by atoms with Gasteiger partial charge in [-0.25, -0.2) is 8.42 Å². The highest BCUT2D eigenvalue weighted by Gasteiger charge is 2.25. The molecule has 0 aromatic heterocycles. The molecule has 0 atom stereocenters. The van der Waals surface area contributed by atoms with Crippen molar-refractivity contribution in [3.05, 3.63) is 88.4 Å². The van der Waals surface area contributed by atoms with Gasteiger partial charge < -0.3 is 5.32 Å². The van der Waals surface area contributed by atoms with E-state index in [1.807, 2.05) is 50.2 Å². The number of benzene rings is 3. The fourth-order valence-corrected chi connectivity index (χ4v) is 5.55. The Morgan fingerprint density at radius 3 is 2.37 bits per heavy atom. The van der Waals surface area contributed by atoms with Gasteiger partial charge in [-0.1, -0.05) is 41.9 Å². The third kappa shape index (κ3) is 6.42. The first-order valence-corrected chi connectivity index (χ1v) is 13.5. The molecule has 1 aliphatic heterocycles. The summed E-state index contributed by atoms with van der Waals surface area (Å²) in [6, 6.07) is 19.7. The Balaban J connectivity index is 1.32. The van der Waals surface area contributed by atoms with Crippen LogP contribution in [0.15, 0.2) is 71.6 Å². The maximum Gasteiger partial charge on any atom is 0.261 e. The molecule has 3 aromatic carbocycles. The van der Waals surface area contributed by atoms with Crippen molar-refractivity contribution < 1.29 is 13.2 Å². The summed E-state index contributed by atoms with van der Waals surface area (Å²) in [5, 5.41) is 3.70. The molecule has 1 saturated heterocycles. The zero-order valence-electron chi connectivity index (χ0n) is 19.9. The van der Waals surface area contributed by atoms with Crippen LogP contribution in [0.4, 0.5) is 11.4 Å². The van der Waals surface area contributed by atoms with Crippen LogP contribution in [0, 0.1) is 19.8 Å². The van der Waals surface area contributed by atoms with Crippen LogP contribution in [0.2, 0.25) is 5.02 Å². The number of piperidine rings is 1. The van der Waals surface area contributed by atoms with Gasteiger partial charge in [-0.15, -0.1) is 0 Å². The number of likely N-dealkylation sites (tertiary alicyclic amines) is 1. The van der Waals surface area contributed by atoms with Crippen molar-refractivity contribution in [1.29, 1.82) is 0 Å². The number of aryl methyl sites for hydroxylation is 2. The average Bonchev–Trinajstić information content (AvgIpc) is 2.83. The van der Waals surface area contributed by atoms with Crippen LogP contribution in [0.3, 0.4) is 0 Å². The van der Waals surface area contributed by atoms with Crippen LogP contribution < -0.4 is 10.0 Å². The predicted molar refractivity (Wildman–Crippen MR) is 141 cm³/mol. The molecular weight excluding hydrogens is 482 g/mol. The summed E-state index contributed by atoms with van der Waals surface area (Å²) >= 11 is 6.27. The van der Waals surface area contributed by atoms with E-state index in [1.165, 1.54) is 12.1 Å². The van der Waals surface area contributed by atoms with Crippen LogP contribution in [0.25, 0.3) is 0 Å². The van der Waals surface area contributed by atoms with E-state index < -0.39 is 10.0 Å². The summed E-state index contributed by atoms with van der Waals surface area (Å²) in [4.78, 5) is 15.3. The van der Waals surface area contributed by atoms with Gasteiger partial charge in [0.25, 0.3) is 10.0 Å². The van der Waals surface area contributed by atoms with E-state index in [1.54, 1.807) is 18.2 Å². The van der Waals surface area contributed by atoms with Crippen molar-refractivity contribution in [3.8, 4) is 0 Å². The Bertz CT molecular complexity index is 1300. The van der Waals surface area contributed by atoms with E-state index in [0.29, 0.717) is 11.4 Å². The second-order valence-corrected chi connectivity index (χ2v) is 11.2. The molecule has 1 heterocycles. The molecule has 35 heavy (non-hydrogen) atoms. The number of amides is 1. The quantitative estimate of drug-likeness (QED) is 0.432. The van der Waals surface area contributed by atoms with Crippen LogP contribution in [0.1, 0.15) is 29.5 Å². The van der Waals surface area contributed by atoms with E-state index in [0.717, 1.165) is 54.2 Å². The van der Waals surface area contributed by atoms with Gasteiger partial charge in [0.2, 0.25) is 5.91 Å². The van der Waals surface area contributed by atoms with Crippen LogP contribution in [0.5, 0.6) is 0 Å². The minimum Gasteiger partial charge on any atom is -0.326 e. The van der Waals surface area contributed by atoms with Crippen LogP contribution in [-0.4, -0.2) is 32.3 Å². The second kappa shape index (κ2) is 10.8. The van der Waals surface area contributed by atoms with Crippen molar-refractivity contribution in [2.45, 2.75) is 38.1 Å². The number of carbonyl (C=O) groups is 1. The first-order valence-electron chi connectivity index (χ1n) is 11.7. The fraction of sp³-hybridized carbons (Fsp3) is 0.296. The molecule has 6 nitrogen and oxygen atoms in total. The van der Waals surface area contributed by atoms with Crippen molar-refractivity contribution >= 4 is 38.9 Å². The van der Waals surface area contributed by atoms with Crippen LogP contribution >= 0.6 is 11.6 Å². The maximum absolute atomic E-state index is 12.8. The Kier molecular flexibility index (Phi) is 7.79. The summed E-state index contributed by atoms with van der Waals surface area (Å²) in [7, 11) is -3.73. The molecule has 2 N–H and O–H groups in total. The minimum absolute atomic E-state index is 0.0356. The van der Waals surface area contributed by atoms with Gasteiger partial charge in [0.05, 0.1) is 10.6 Å². The average molecular weight is 512 g/mol. The molecule has 0 bridgehead atoms. The van der Waals surface area contributed by atoms with Crippen molar-refractivity contribution in [2.75, 3.05) is 23.1 Å². The summed E-state index contributed by atoms with van der Waals surface area (Å²) < 4.78 is 28.3. The zero-order valence-corrected chi connectivity index (χ0v) is 21.5. The number of hydrogen-bond donors (Lipinski definition) is 2. The lowest BCUT2D eigenvalue weighted by Crippen LogP contribution is -2.37. The molecule has 0 spiro atoms. The normalized spacial score (nSPS) is 15.1. The number of nitrogens with zero attached hydrogens (tertiary/aromatic N) is 1. The summed E-state index contributed by atoms with van der Waals surface area (Å²) in [5.41, 5.74) is 4.06. The SMILES string of the molecule is Cc1ccc(C)c(NS(=O)(=O)c2ccc(NC(=O)C3CCN(Cc4ccccc4Cl)CC3)cc2)c1. The Morgan fingerprint density at radius 1 is 1.00 bits per heavy atom. The fourth-order valence-electron chi connectivity index (χ4n) is 4.23. The van der Waals surface area contributed by atoms with Gasteiger partial charge in [0.1, 0.15) is 0 Å². The Hall–Kier alpha value is -2.87. The molecule has 8 heteroatoms. The lowest BCUT2D eigenvalue weighted by molar-refractivity contribution is -0.121. The van der Waals surface area contributed by atoms with Crippen molar-refractivity contribution in [1.82, 2.24) is 4.90 Å². The molecule has 4 rings (SSSR count). The molecule has 1 fully saturated rings. The molecule has 184 valence electrons. The van der Waals surface area contributed by atoms with E-state index in [4.69, 9.17) is 11.6 Å². The third-order valence-electron chi connectivity index (χ3n) is 6.38. The topological polar surface area (TPSA) is 78.5 Å². The number of hydrogen-bond acceptors (Lipinski definition) is 4. The highest BCUT2D eigenvalue weighted by atomic mass is 35.5. The van der Waals surface area contributed by atoms with Crippen molar-refractivity contribution in [3.63, 3.8) is 0 Å². The number of rotatable bonds is 7. The molecule has 0 aliphatic carbocycles. The molecule has 0 saturated carbocycles. The molecule has 1 amide bonds. The zero-order chi connectivity index (χ0) is 25.0. The van der Waals surface area contributed by atoms with Gasteiger partial charge in [-0.05, 0) is 92.9 Å². The summed E-state index contributed by atoms with van der Waals surface area (Å²) in [6.07, 6.45) is 1.53. The largest absolute Gasteiger partial charge is 0.326 e. The molecule has 0 unspecified atom stereocenters. The smallest absolute Gasteiger partial charge is 0.261 e. The summed E-state index contributed by atoms with van der Waals surface area (Å²) in [6.45, 7) is 6.20. The van der Waals surface area contributed by atoms with E-state index in [9.17, 15) is 13.2 Å². The van der Waals surface area contributed by atoms with Gasteiger partial charge in [-0.3, -0.25) is 14.4 Å². The summed E-state index contributed by atoms with van der Waals surface area (Å²) in [5.74, 6) is -0.113. The molecule has 3 aromatic rings. The first kappa shape index (κ1) is 25.2. The van der Waals surface area contributed by atoms with Gasteiger partial charge in [-0.2, -0.15) is 0 Å². The monoisotopic (exact) mass is 511 g/mol. The van der Waals surface area contributed by atoms with Crippen LogP contribution in [-0.2, 0) is 21.4 Å². The lowest BCUT2D eigenvalue weighted by atomic mass is 9.95. The first-order chi connectivity index (χ1) is 16.7. The van der Waals surface area contributed by atoms with E-state index >= 15 is 0 Å². The lowest BCUT2D eigenvalue weighted by Gasteiger charge is -2.31.